The van der Waals surface area contributed by atoms with Gasteiger partial charge in [0.1, 0.15) is 5.60 Å². The van der Waals surface area contributed by atoms with E-state index in [1.54, 1.807) is 20.8 Å². The number of anilines is 2. The number of ether oxygens (including phenoxy) is 2. The Kier molecular flexibility index (Phi) is 4.04. The number of benzene rings is 1. The van der Waals surface area contributed by atoms with Gasteiger partial charge in [-0.3, -0.25) is 0 Å². The average molecular weight is 266 g/mol. The maximum absolute atomic E-state index is 12.1. The zero-order chi connectivity index (χ0) is 14.8. The average Bonchev–Trinajstić information content (AvgIpc) is 2.24. The van der Waals surface area contributed by atoms with E-state index >= 15 is 0 Å². The van der Waals surface area contributed by atoms with Crippen LogP contribution < -0.4 is 11.5 Å². The molecule has 0 saturated carbocycles. The van der Waals surface area contributed by atoms with E-state index in [4.69, 9.17) is 16.2 Å². The Morgan fingerprint density at radius 3 is 2.16 bits per heavy atom. The Balaban J connectivity index is 3.33. The van der Waals surface area contributed by atoms with Gasteiger partial charge in [0.05, 0.1) is 18.2 Å². The summed E-state index contributed by atoms with van der Waals surface area (Å²) in [6.45, 7) is 5.16. The predicted molar refractivity (Wildman–Crippen MR) is 71.8 cm³/mol. The quantitative estimate of drug-likeness (QED) is 0.622. The SMILES string of the molecule is COC(=O)c1cc(N)cc(N)c1C(=O)OC(C)(C)C. The molecule has 0 aliphatic heterocycles. The van der Waals surface area contributed by atoms with E-state index in [1.165, 1.54) is 19.2 Å². The number of hydrogen-bond donors (Lipinski definition) is 2. The van der Waals surface area contributed by atoms with Gasteiger partial charge in [-0.25, -0.2) is 9.59 Å². The molecule has 0 amide bonds. The first kappa shape index (κ1) is 14.8. The van der Waals surface area contributed by atoms with Crippen LogP contribution in [0, 0.1) is 0 Å². The molecule has 0 aromatic heterocycles. The Bertz CT molecular complexity index is 518. The summed E-state index contributed by atoms with van der Waals surface area (Å²) in [4.78, 5) is 23.8. The molecule has 0 heterocycles. The molecule has 0 spiro atoms. The molecule has 0 unspecified atom stereocenters. The van der Waals surface area contributed by atoms with E-state index < -0.39 is 17.5 Å². The zero-order valence-electron chi connectivity index (χ0n) is 11.4. The zero-order valence-corrected chi connectivity index (χ0v) is 11.4. The summed E-state index contributed by atoms with van der Waals surface area (Å²) in [6, 6.07) is 2.73. The Labute approximate surface area is 111 Å². The number of rotatable bonds is 2. The standard InChI is InChI=1S/C13H18N2O4/c1-13(2,3)19-12(17)10-8(11(16)18-4)5-7(14)6-9(10)15/h5-6H,14-15H2,1-4H3. The van der Waals surface area contributed by atoms with Crippen molar-refractivity contribution < 1.29 is 19.1 Å². The van der Waals surface area contributed by atoms with Crippen molar-refractivity contribution in [3.05, 3.63) is 23.3 Å². The highest BCUT2D eigenvalue weighted by Gasteiger charge is 2.26. The summed E-state index contributed by atoms with van der Waals surface area (Å²) < 4.78 is 9.82. The lowest BCUT2D eigenvalue weighted by Gasteiger charge is -2.21. The molecule has 6 nitrogen and oxygen atoms in total. The molecule has 104 valence electrons. The summed E-state index contributed by atoms with van der Waals surface area (Å²) in [5.41, 5.74) is 11.0. The maximum atomic E-state index is 12.1. The van der Waals surface area contributed by atoms with Gasteiger partial charge < -0.3 is 20.9 Å². The van der Waals surface area contributed by atoms with Gasteiger partial charge in [0.25, 0.3) is 0 Å². The minimum absolute atomic E-state index is 0.00532. The van der Waals surface area contributed by atoms with Crippen molar-refractivity contribution in [1.29, 1.82) is 0 Å². The second-order valence-electron chi connectivity index (χ2n) is 5.03. The monoisotopic (exact) mass is 266 g/mol. The van der Waals surface area contributed by atoms with Gasteiger partial charge in [0.2, 0.25) is 0 Å². The smallest absolute Gasteiger partial charge is 0.341 e. The summed E-state index contributed by atoms with van der Waals surface area (Å²) in [7, 11) is 1.21. The Hall–Kier alpha value is -2.24. The van der Waals surface area contributed by atoms with Crippen LogP contribution in [-0.2, 0) is 9.47 Å². The lowest BCUT2D eigenvalue weighted by atomic mass is 10.0. The van der Waals surface area contributed by atoms with E-state index in [1.807, 2.05) is 0 Å². The topological polar surface area (TPSA) is 105 Å². The fourth-order valence-electron chi connectivity index (χ4n) is 1.52. The fourth-order valence-corrected chi connectivity index (χ4v) is 1.52. The molecule has 0 saturated heterocycles. The van der Waals surface area contributed by atoms with Crippen molar-refractivity contribution in [2.24, 2.45) is 0 Å². The first-order chi connectivity index (χ1) is 8.65. The van der Waals surface area contributed by atoms with Gasteiger partial charge in [-0.15, -0.1) is 0 Å². The van der Waals surface area contributed by atoms with E-state index in [9.17, 15) is 9.59 Å². The summed E-state index contributed by atoms with van der Waals surface area (Å²) in [5.74, 6) is -1.38. The molecule has 0 aliphatic carbocycles. The minimum atomic E-state index is -0.696. The van der Waals surface area contributed by atoms with Crippen LogP contribution in [0.1, 0.15) is 41.5 Å². The molecule has 19 heavy (non-hydrogen) atoms. The predicted octanol–water partition coefficient (Wildman–Crippen LogP) is 1.59. The number of nitrogens with two attached hydrogens (primary N) is 2. The number of carbonyl (C=O) groups is 2. The van der Waals surface area contributed by atoms with Crippen LogP contribution in [0.4, 0.5) is 11.4 Å². The third-order valence-electron chi connectivity index (χ3n) is 2.20. The molecule has 4 N–H and O–H groups in total. The normalized spacial score (nSPS) is 10.9. The van der Waals surface area contributed by atoms with Crippen molar-refractivity contribution in [3.63, 3.8) is 0 Å². The van der Waals surface area contributed by atoms with Crippen LogP contribution in [0.3, 0.4) is 0 Å². The molecule has 1 rings (SSSR count). The number of carbonyl (C=O) groups excluding carboxylic acids is 2. The van der Waals surface area contributed by atoms with Crippen molar-refractivity contribution in [3.8, 4) is 0 Å². The molecule has 1 aromatic rings. The highest BCUT2D eigenvalue weighted by Crippen LogP contribution is 2.25. The van der Waals surface area contributed by atoms with Gasteiger partial charge in [-0.05, 0) is 32.9 Å². The van der Waals surface area contributed by atoms with Gasteiger partial charge in [-0.1, -0.05) is 0 Å². The fraction of sp³-hybridized carbons (Fsp3) is 0.385. The van der Waals surface area contributed by atoms with Crippen molar-refractivity contribution in [2.45, 2.75) is 26.4 Å². The third-order valence-corrected chi connectivity index (χ3v) is 2.20. The first-order valence-electron chi connectivity index (χ1n) is 5.66. The lowest BCUT2D eigenvalue weighted by Crippen LogP contribution is -2.26. The molecule has 0 atom stereocenters. The molecule has 0 fully saturated rings. The third kappa shape index (κ3) is 3.61. The van der Waals surface area contributed by atoms with Crippen LogP contribution >= 0.6 is 0 Å². The number of hydrogen-bond acceptors (Lipinski definition) is 6. The second-order valence-corrected chi connectivity index (χ2v) is 5.03. The van der Waals surface area contributed by atoms with Gasteiger partial charge in [-0.2, -0.15) is 0 Å². The van der Waals surface area contributed by atoms with Crippen molar-refractivity contribution in [1.82, 2.24) is 0 Å². The van der Waals surface area contributed by atoms with Crippen LogP contribution in [-0.4, -0.2) is 24.6 Å². The molecular formula is C13H18N2O4. The lowest BCUT2D eigenvalue weighted by molar-refractivity contribution is 0.00666. The molecular weight excluding hydrogens is 248 g/mol. The van der Waals surface area contributed by atoms with E-state index in [0.717, 1.165) is 0 Å². The van der Waals surface area contributed by atoms with E-state index in [0.29, 0.717) is 0 Å². The van der Waals surface area contributed by atoms with Crippen molar-refractivity contribution >= 4 is 23.3 Å². The number of nitrogen functional groups attached to an aromatic ring is 2. The highest BCUT2D eigenvalue weighted by molar-refractivity contribution is 6.07. The summed E-state index contributed by atoms with van der Waals surface area (Å²) in [6.07, 6.45) is 0. The van der Waals surface area contributed by atoms with Gasteiger partial charge >= 0.3 is 11.9 Å². The van der Waals surface area contributed by atoms with Crippen LogP contribution in [0.25, 0.3) is 0 Å². The molecule has 6 heteroatoms. The van der Waals surface area contributed by atoms with Crippen LogP contribution in [0.15, 0.2) is 12.1 Å². The molecule has 1 aromatic carbocycles. The van der Waals surface area contributed by atoms with Gasteiger partial charge in [0, 0.05) is 11.4 Å². The minimum Gasteiger partial charge on any atom is -0.465 e. The molecule has 0 radical (unpaired) electrons. The Morgan fingerprint density at radius 1 is 1.11 bits per heavy atom. The molecule has 0 bridgehead atoms. The van der Waals surface area contributed by atoms with Crippen LogP contribution in [0.2, 0.25) is 0 Å². The first-order valence-corrected chi connectivity index (χ1v) is 5.66. The van der Waals surface area contributed by atoms with Crippen molar-refractivity contribution in [2.75, 3.05) is 18.6 Å². The van der Waals surface area contributed by atoms with Crippen LogP contribution in [0.5, 0.6) is 0 Å². The summed E-state index contributed by atoms with van der Waals surface area (Å²) >= 11 is 0. The highest BCUT2D eigenvalue weighted by atomic mass is 16.6. The largest absolute Gasteiger partial charge is 0.465 e. The number of methoxy groups -OCH3 is 1. The number of esters is 2. The van der Waals surface area contributed by atoms with E-state index in [-0.39, 0.29) is 22.5 Å². The second kappa shape index (κ2) is 5.17. The summed E-state index contributed by atoms with van der Waals surface area (Å²) in [5, 5.41) is 0. The van der Waals surface area contributed by atoms with E-state index in [2.05, 4.69) is 4.74 Å². The molecule has 0 aliphatic rings. The Morgan fingerprint density at radius 2 is 1.68 bits per heavy atom. The van der Waals surface area contributed by atoms with Gasteiger partial charge in [0.15, 0.2) is 0 Å². The maximum Gasteiger partial charge on any atom is 0.341 e.